The van der Waals surface area contributed by atoms with Gasteiger partial charge in [0.2, 0.25) is 0 Å². The monoisotopic (exact) mass is 269 g/mol. The molecule has 0 aromatic rings. The molecule has 2 N–H and O–H groups in total. The number of β-amino-alcohol motifs (C(OH)–C–C–N with tert-alkyl or cyclic N) is 1. The lowest BCUT2D eigenvalue weighted by atomic mass is 9.98. The topological polar surface area (TPSA) is 38.7 Å². The number of nitrogens with one attached hydrogen (secondary N) is 1. The molecule has 2 unspecified atom stereocenters. The number of piperazine rings is 1. The van der Waals surface area contributed by atoms with E-state index in [2.05, 4.69) is 29.0 Å². The van der Waals surface area contributed by atoms with Crippen LogP contribution in [0.5, 0.6) is 0 Å². The van der Waals surface area contributed by atoms with E-state index in [0.717, 1.165) is 25.7 Å². The summed E-state index contributed by atoms with van der Waals surface area (Å²) in [4.78, 5) is 5.09. The minimum absolute atomic E-state index is 0.432. The Morgan fingerprint density at radius 2 is 2.05 bits per heavy atom. The van der Waals surface area contributed by atoms with Crippen molar-refractivity contribution < 1.29 is 5.11 Å². The standard InChI is InChI=1S/C15H31N3O/c1-13(2)16-11-15(3,19)12-17-8-9-18-7-5-4-6-14(18)10-17/h13-14,16,19H,4-12H2,1-3H3. The third-order valence-corrected chi connectivity index (χ3v) is 4.38. The molecule has 4 heteroatoms. The molecule has 2 aliphatic rings. The fourth-order valence-corrected chi connectivity index (χ4v) is 3.33. The summed E-state index contributed by atoms with van der Waals surface area (Å²) in [5.41, 5.74) is -0.624. The van der Waals surface area contributed by atoms with Crippen LogP contribution in [0.2, 0.25) is 0 Å². The third-order valence-electron chi connectivity index (χ3n) is 4.38. The van der Waals surface area contributed by atoms with Crippen molar-refractivity contribution in [2.24, 2.45) is 0 Å². The van der Waals surface area contributed by atoms with E-state index in [4.69, 9.17) is 0 Å². The summed E-state index contributed by atoms with van der Waals surface area (Å²) >= 11 is 0. The molecule has 0 aliphatic carbocycles. The molecule has 2 fully saturated rings. The number of rotatable bonds is 5. The zero-order valence-corrected chi connectivity index (χ0v) is 12.9. The molecule has 112 valence electrons. The highest BCUT2D eigenvalue weighted by Gasteiger charge is 2.32. The van der Waals surface area contributed by atoms with Crippen LogP contribution in [0.25, 0.3) is 0 Å². The van der Waals surface area contributed by atoms with Gasteiger partial charge in [-0.2, -0.15) is 0 Å². The average molecular weight is 269 g/mol. The van der Waals surface area contributed by atoms with Crippen LogP contribution in [0.15, 0.2) is 0 Å². The molecule has 0 aromatic heterocycles. The summed E-state index contributed by atoms with van der Waals surface area (Å²) in [7, 11) is 0. The summed E-state index contributed by atoms with van der Waals surface area (Å²) in [6.07, 6.45) is 4.08. The zero-order chi connectivity index (χ0) is 13.9. The first-order chi connectivity index (χ1) is 8.96. The average Bonchev–Trinajstić information content (AvgIpc) is 2.36. The normalized spacial score (nSPS) is 29.2. The highest BCUT2D eigenvalue weighted by Crippen LogP contribution is 2.22. The number of aliphatic hydroxyl groups is 1. The molecule has 2 saturated heterocycles. The van der Waals surface area contributed by atoms with Gasteiger partial charge in [0.1, 0.15) is 0 Å². The van der Waals surface area contributed by atoms with Gasteiger partial charge in [-0.3, -0.25) is 9.80 Å². The van der Waals surface area contributed by atoms with Crippen molar-refractivity contribution >= 4 is 0 Å². The van der Waals surface area contributed by atoms with E-state index in [9.17, 15) is 5.11 Å². The van der Waals surface area contributed by atoms with Gasteiger partial charge in [0.05, 0.1) is 5.60 Å². The Bertz CT molecular complexity index is 281. The predicted molar refractivity (Wildman–Crippen MR) is 79.4 cm³/mol. The number of fused-ring (bicyclic) bond motifs is 1. The van der Waals surface area contributed by atoms with E-state index in [1.54, 1.807) is 0 Å². The molecular formula is C15H31N3O. The zero-order valence-electron chi connectivity index (χ0n) is 12.9. The predicted octanol–water partition coefficient (Wildman–Crippen LogP) is 0.906. The van der Waals surface area contributed by atoms with Gasteiger partial charge in [-0.1, -0.05) is 20.3 Å². The van der Waals surface area contributed by atoms with Crippen LogP contribution < -0.4 is 5.32 Å². The summed E-state index contributed by atoms with van der Waals surface area (Å²) in [6, 6.07) is 1.16. The van der Waals surface area contributed by atoms with Crippen molar-refractivity contribution in [2.45, 2.75) is 57.7 Å². The Morgan fingerprint density at radius 1 is 1.26 bits per heavy atom. The molecule has 0 bridgehead atoms. The Morgan fingerprint density at radius 3 is 2.79 bits per heavy atom. The maximum Gasteiger partial charge on any atom is 0.0869 e. The molecule has 2 heterocycles. The SMILES string of the molecule is CC(C)NCC(C)(O)CN1CCN2CCCCC2C1. The van der Waals surface area contributed by atoms with E-state index in [-0.39, 0.29) is 0 Å². The smallest absolute Gasteiger partial charge is 0.0869 e. The largest absolute Gasteiger partial charge is 0.388 e. The van der Waals surface area contributed by atoms with Gasteiger partial charge >= 0.3 is 0 Å². The van der Waals surface area contributed by atoms with Crippen LogP contribution in [-0.4, -0.2) is 71.9 Å². The van der Waals surface area contributed by atoms with Crippen LogP contribution in [0.1, 0.15) is 40.0 Å². The van der Waals surface area contributed by atoms with Crippen molar-refractivity contribution in [2.75, 3.05) is 39.3 Å². The van der Waals surface area contributed by atoms with Crippen LogP contribution in [0, 0.1) is 0 Å². The fourth-order valence-electron chi connectivity index (χ4n) is 3.33. The molecule has 2 atom stereocenters. The van der Waals surface area contributed by atoms with Gasteiger partial charge < -0.3 is 10.4 Å². The lowest BCUT2D eigenvalue weighted by Gasteiger charge is -2.45. The summed E-state index contributed by atoms with van der Waals surface area (Å²) in [5.74, 6) is 0. The number of nitrogens with zero attached hydrogens (tertiary/aromatic N) is 2. The number of hydrogen-bond acceptors (Lipinski definition) is 4. The van der Waals surface area contributed by atoms with Gasteiger partial charge in [-0.25, -0.2) is 0 Å². The highest BCUT2D eigenvalue weighted by molar-refractivity contribution is 4.89. The van der Waals surface area contributed by atoms with E-state index < -0.39 is 5.60 Å². The van der Waals surface area contributed by atoms with Gasteiger partial charge in [0.15, 0.2) is 0 Å². The molecule has 0 spiro atoms. The molecule has 2 rings (SSSR count). The van der Waals surface area contributed by atoms with Crippen LogP contribution >= 0.6 is 0 Å². The molecular weight excluding hydrogens is 238 g/mol. The van der Waals surface area contributed by atoms with Gasteiger partial charge in [0, 0.05) is 44.8 Å². The molecule has 0 aromatic carbocycles. The minimum atomic E-state index is -0.624. The fraction of sp³-hybridized carbons (Fsp3) is 1.00. The van der Waals surface area contributed by atoms with E-state index in [1.807, 2.05) is 6.92 Å². The second-order valence-corrected chi connectivity index (χ2v) is 6.95. The Kier molecular flexibility index (Phi) is 5.23. The minimum Gasteiger partial charge on any atom is -0.388 e. The number of hydrogen-bond donors (Lipinski definition) is 2. The van der Waals surface area contributed by atoms with Crippen molar-refractivity contribution in [3.05, 3.63) is 0 Å². The summed E-state index contributed by atoms with van der Waals surface area (Å²) < 4.78 is 0. The van der Waals surface area contributed by atoms with Crippen LogP contribution in [0.4, 0.5) is 0 Å². The molecule has 0 amide bonds. The van der Waals surface area contributed by atoms with Gasteiger partial charge in [0.25, 0.3) is 0 Å². The van der Waals surface area contributed by atoms with Gasteiger partial charge in [-0.05, 0) is 26.3 Å². The van der Waals surface area contributed by atoms with Crippen LogP contribution in [-0.2, 0) is 0 Å². The van der Waals surface area contributed by atoms with E-state index in [0.29, 0.717) is 12.6 Å². The van der Waals surface area contributed by atoms with Crippen molar-refractivity contribution in [1.29, 1.82) is 0 Å². The first kappa shape index (κ1) is 15.2. The second kappa shape index (κ2) is 6.53. The maximum absolute atomic E-state index is 10.5. The Hall–Kier alpha value is -0.160. The molecule has 2 aliphatic heterocycles. The molecule has 0 saturated carbocycles. The first-order valence-electron chi connectivity index (χ1n) is 7.88. The Balaban J connectivity index is 1.79. The van der Waals surface area contributed by atoms with Crippen molar-refractivity contribution in [1.82, 2.24) is 15.1 Å². The number of piperidine rings is 1. The second-order valence-electron chi connectivity index (χ2n) is 6.95. The maximum atomic E-state index is 10.5. The third kappa shape index (κ3) is 4.71. The highest BCUT2D eigenvalue weighted by atomic mass is 16.3. The quantitative estimate of drug-likeness (QED) is 0.778. The van der Waals surface area contributed by atoms with Gasteiger partial charge in [-0.15, -0.1) is 0 Å². The van der Waals surface area contributed by atoms with Crippen molar-refractivity contribution in [3.63, 3.8) is 0 Å². The first-order valence-corrected chi connectivity index (χ1v) is 7.88. The molecule has 0 radical (unpaired) electrons. The lowest BCUT2D eigenvalue weighted by Crippen LogP contribution is -2.58. The van der Waals surface area contributed by atoms with E-state index >= 15 is 0 Å². The molecule has 4 nitrogen and oxygen atoms in total. The lowest BCUT2D eigenvalue weighted by molar-refractivity contribution is -0.0174. The van der Waals surface area contributed by atoms with Crippen molar-refractivity contribution in [3.8, 4) is 0 Å². The summed E-state index contributed by atoms with van der Waals surface area (Å²) in [6.45, 7) is 12.4. The molecule has 19 heavy (non-hydrogen) atoms. The Labute approximate surface area is 118 Å². The summed E-state index contributed by atoms with van der Waals surface area (Å²) in [5, 5.41) is 13.8. The van der Waals surface area contributed by atoms with E-state index in [1.165, 1.54) is 32.4 Å². The van der Waals surface area contributed by atoms with Crippen LogP contribution in [0.3, 0.4) is 0 Å².